The molecule has 0 amide bonds. The van der Waals surface area contributed by atoms with Crippen LogP contribution in [0, 0.1) is 22.0 Å². The monoisotopic (exact) mass is 440 g/mol. The van der Waals surface area contributed by atoms with E-state index in [2.05, 4.69) is 24.0 Å². The summed E-state index contributed by atoms with van der Waals surface area (Å²) >= 11 is 0. The van der Waals surface area contributed by atoms with Crippen LogP contribution in [0.1, 0.15) is 27.7 Å². The predicted octanol–water partition coefficient (Wildman–Crippen LogP) is 3.46. The van der Waals surface area contributed by atoms with Crippen LogP contribution in [-0.4, -0.2) is 24.5 Å². The molecule has 4 N–H and O–H groups in total. The van der Waals surface area contributed by atoms with Gasteiger partial charge in [-0.05, 0) is 36.1 Å². The molecular formula is C22H28N6O4. The highest BCUT2D eigenvalue weighted by Gasteiger charge is 2.13. The molecule has 0 saturated heterocycles. The molecule has 170 valence electrons. The maximum atomic E-state index is 11.7. The minimum absolute atomic E-state index is 0.0645. The Bertz CT molecular complexity index is 1370. The summed E-state index contributed by atoms with van der Waals surface area (Å²) in [7, 11) is 0. The molecule has 0 aliphatic rings. The Hall–Kier alpha value is -3.82. The Morgan fingerprint density at radius 3 is 1.81 bits per heavy atom. The van der Waals surface area contributed by atoms with Gasteiger partial charge in [-0.25, -0.2) is 0 Å². The fourth-order valence-corrected chi connectivity index (χ4v) is 3.53. The van der Waals surface area contributed by atoms with E-state index in [4.69, 9.17) is 5.73 Å². The summed E-state index contributed by atoms with van der Waals surface area (Å²) in [5, 5.41) is 17.2. The van der Waals surface area contributed by atoms with E-state index < -0.39 is 4.92 Å². The topological polar surface area (TPSA) is 145 Å². The zero-order chi connectivity index (χ0) is 23.6. The average molecular weight is 441 g/mol. The molecule has 4 rings (SSSR count). The smallest absolute Gasteiger partial charge is 0.272 e. The number of aromatic amines is 2. The predicted molar refractivity (Wildman–Crippen MR) is 126 cm³/mol. The first-order chi connectivity index (χ1) is 15.1. The summed E-state index contributed by atoms with van der Waals surface area (Å²) in [4.78, 5) is 33.4. The lowest BCUT2D eigenvalue weighted by Gasteiger charge is -2.06. The van der Waals surface area contributed by atoms with Crippen LogP contribution in [0.3, 0.4) is 0 Å². The summed E-state index contributed by atoms with van der Waals surface area (Å²) in [6.07, 6.45) is 0. The van der Waals surface area contributed by atoms with Crippen LogP contribution in [0.4, 0.5) is 11.4 Å². The van der Waals surface area contributed by atoms with E-state index in [0.29, 0.717) is 40.4 Å². The number of hydrogen-bond acceptors (Lipinski definition) is 5. The van der Waals surface area contributed by atoms with Crippen molar-refractivity contribution in [3.05, 3.63) is 67.2 Å². The third-order valence-electron chi connectivity index (χ3n) is 4.85. The molecule has 0 aliphatic carbocycles. The second-order valence-corrected chi connectivity index (χ2v) is 8.63. The number of hydrogen-bond donors (Lipinski definition) is 3. The van der Waals surface area contributed by atoms with E-state index in [1.807, 2.05) is 30.7 Å². The number of fused-ring (bicyclic) bond motifs is 2. The van der Waals surface area contributed by atoms with Gasteiger partial charge >= 0.3 is 0 Å². The number of nitrogen functional groups attached to an aromatic ring is 1. The van der Waals surface area contributed by atoms with E-state index in [-0.39, 0.29) is 16.8 Å². The molecule has 10 heteroatoms. The Morgan fingerprint density at radius 2 is 1.34 bits per heavy atom. The van der Waals surface area contributed by atoms with Crippen LogP contribution in [0.5, 0.6) is 0 Å². The number of nitro benzene ring substituents is 1. The highest BCUT2D eigenvalue weighted by atomic mass is 16.6. The highest BCUT2D eigenvalue weighted by Crippen LogP contribution is 2.18. The van der Waals surface area contributed by atoms with Gasteiger partial charge in [0.2, 0.25) is 0 Å². The largest absolute Gasteiger partial charge is 0.399 e. The normalized spacial score (nSPS) is 11.3. The van der Waals surface area contributed by atoms with Gasteiger partial charge in [-0.15, -0.1) is 0 Å². The van der Waals surface area contributed by atoms with Gasteiger partial charge in [0.15, 0.2) is 0 Å². The van der Waals surface area contributed by atoms with E-state index >= 15 is 0 Å². The molecule has 0 atom stereocenters. The number of aromatic nitrogens is 4. The van der Waals surface area contributed by atoms with Crippen molar-refractivity contribution in [3.8, 4) is 0 Å². The minimum Gasteiger partial charge on any atom is -0.399 e. The quantitative estimate of drug-likeness (QED) is 0.247. The first-order valence-electron chi connectivity index (χ1n) is 10.4. The zero-order valence-corrected chi connectivity index (χ0v) is 18.6. The second kappa shape index (κ2) is 9.13. The van der Waals surface area contributed by atoms with Crippen molar-refractivity contribution in [1.82, 2.24) is 19.6 Å². The van der Waals surface area contributed by atoms with Crippen molar-refractivity contribution in [3.63, 3.8) is 0 Å². The summed E-state index contributed by atoms with van der Waals surface area (Å²) in [5.74, 6) is 0.880. The summed E-state index contributed by atoms with van der Waals surface area (Å²) < 4.78 is 3.60. The number of nitro groups is 1. The van der Waals surface area contributed by atoms with Crippen LogP contribution < -0.4 is 16.9 Å². The Morgan fingerprint density at radius 1 is 0.875 bits per heavy atom. The van der Waals surface area contributed by atoms with Crippen molar-refractivity contribution in [2.45, 2.75) is 40.8 Å². The molecular weight excluding hydrogens is 412 g/mol. The summed E-state index contributed by atoms with van der Waals surface area (Å²) in [6.45, 7) is 9.78. The number of benzene rings is 2. The number of H-pyrrole nitrogens is 2. The van der Waals surface area contributed by atoms with Crippen LogP contribution in [0.15, 0.2) is 46.0 Å². The molecule has 0 spiro atoms. The molecule has 2 aromatic carbocycles. The molecule has 2 aromatic heterocycles. The van der Waals surface area contributed by atoms with Crippen LogP contribution in [-0.2, 0) is 13.1 Å². The van der Waals surface area contributed by atoms with E-state index in [9.17, 15) is 19.7 Å². The van der Waals surface area contributed by atoms with E-state index in [1.54, 1.807) is 16.8 Å². The standard InChI is InChI=1S/C11H13N3O3.C11H15N3O/c1-7(2)6-13-10-4-3-8(14(16)17)5-9(10)11(15)12-13;1-7(2)6-14-10-4-3-8(12)5-9(10)11(15)13-14/h3-5,7H,6H2,1-2H3,(H,12,15);3-5,7H,6,12H2,1-2H3,(H,13,15). The second-order valence-electron chi connectivity index (χ2n) is 8.63. The molecule has 10 nitrogen and oxygen atoms in total. The van der Waals surface area contributed by atoms with Gasteiger partial charge in [-0.2, -0.15) is 0 Å². The van der Waals surface area contributed by atoms with Gasteiger partial charge in [0.25, 0.3) is 16.8 Å². The molecule has 32 heavy (non-hydrogen) atoms. The van der Waals surface area contributed by atoms with Gasteiger partial charge in [0, 0.05) is 30.9 Å². The Kier molecular flexibility index (Phi) is 6.52. The lowest BCUT2D eigenvalue weighted by molar-refractivity contribution is -0.384. The number of nitrogens with two attached hydrogens (primary N) is 1. The minimum atomic E-state index is -0.501. The van der Waals surface area contributed by atoms with Gasteiger partial charge in [-0.3, -0.25) is 39.3 Å². The molecule has 0 radical (unpaired) electrons. The lowest BCUT2D eigenvalue weighted by Crippen LogP contribution is -2.09. The van der Waals surface area contributed by atoms with E-state index in [0.717, 1.165) is 12.1 Å². The molecule has 2 heterocycles. The highest BCUT2D eigenvalue weighted by molar-refractivity contribution is 5.82. The van der Waals surface area contributed by atoms with Crippen molar-refractivity contribution in [2.24, 2.45) is 11.8 Å². The van der Waals surface area contributed by atoms with E-state index in [1.165, 1.54) is 12.1 Å². The number of nitrogens with zero attached hydrogens (tertiary/aromatic N) is 3. The summed E-state index contributed by atoms with van der Waals surface area (Å²) in [6, 6.07) is 9.73. The molecule has 0 bridgehead atoms. The molecule has 4 aromatic rings. The first-order valence-corrected chi connectivity index (χ1v) is 10.4. The number of anilines is 1. The Labute approximate surface area is 183 Å². The Balaban J connectivity index is 0.000000182. The number of nitrogens with one attached hydrogen (secondary N) is 2. The van der Waals surface area contributed by atoms with Crippen LogP contribution in [0.2, 0.25) is 0 Å². The zero-order valence-electron chi connectivity index (χ0n) is 18.6. The molecule has 0 aliphatic heterocycles. The fraction of sp³-hybridized carbons (Fsp3) is 0.364. The van der Waals surface area contributed by atoms with Crippen molar-refractivity contribution >= 4 is 33.2 Å². The molecule has 0 fully saturated rings. The average Bonchev–Trinajstić information content (AvgIpc) is 3.17. The van der Waals surface area contributed by atoms with Gasteiger partial charge in [0.05, 0.1) is 26.7 Å². The first kappa shape index (κ1) is 22.9. The number of non-ortho nitro benzene ring substituents is 1. The van der Waals surface area contributed by atoms with Crippen molar-refractivity contribution in [1.29, 1.82) is 0 Å². The van der Waals surface area contributed by atoms with Gasteiger partial charge in [0.1, 0.15) is 0 Å². The third-order valence-corrected chi connectivity index (χ3v) is 4.85. The van der Waals surface area contributed by atoms with Gasteiger partial charge in [-0.1, -0.05) is 27.7 Å². The van der Waals surface area contributed by atoms with Crippen molar-refractivity contribution < 1.29 is 4.92 Å². The van der Waals surface area contributed by atoms with Crippen LogP contribution in [0.25, 0.3) is 21.8 Å². The third kappa shape index (κ3) is 4.90. The maximum absolute atomic E-state index is 11.7. The number of rotatable bonds is 5. The van der Waals surface area contributed by atoms with Crippen LogP contribution >= 0.6 is 0 Å². The summed E-state index contributed by atoms with van der Waals surface area (Å²) in [5.41, 5.74) is 7.46. The lowest BCUT2D eigenvalue weighted by atomic mass is 10.2. The molecule has 0 unspecified atom stereocenters. The maximum Gasteiger partial charge on any atom is 0.272 e. The fourth-order valence-electron chi connectivity index (χ4n) is 3.53. The molecule has 0 saturated carbocycles. The van der Waals surface area contributed by atoms with Crippen molar-refractivity contribution in [2.75, 3.05) is 5.73 Å². The van der Waals surface area contributed by atoms with Gasteiger partial charge < -0.3 is 5.73 Å². The SMILES string of the molecule is CC(C)Cn1[nH]c(=O)c2cc(N)ccc21.CC(C)Cn1[nH]c(=O)c2cc([N+](=O)[O-])ccc21.